The number of thiazole rings is 1. The summed E-state index contributed by atoms with van der Waals surface area (Å²) in [7, 11) is -2.09. The standard InChI is InChI=1S/C30H32N4O4S2/c1-30(2,3)33-40(36,37)27-17-23(34-19-24(38-29(34)35)16-20-8-6-5-7-9-20)14-15-25(27)26-18-32-28(39-26)21-10-12-22(31-4)13-11-21/h5-15,17-18,24,31,33H,16,19H2,1-4H3. The Hall–Kier alpha value is -3.73. The van der Waals surface area contributed by atoms with Crippen LogP contribution in [0.1, 0.15) is 26.3 Å². The summed E-state index contributed by atoms with van der Waals surface area (Å²) in [6.45, 7) is 5.70. The highest BCUT2D eigenvalue weighted by Crippen LogP contribution is 2.38. The van der Waals surface area contributed by atoms with E-state index in [2.05, 4.69) is 15.0 Å². The third kappa shape index (κ3) is 6.19. The van der Waals surface area contributed by atoms with Crippen LogP contribution in [0, 0.1) is 0 Å². The molecule has 208 valence electrons. The fourth-order valence-electron chi connectivity index (χ4n) is 4.59. The smallest absolute Gasteiger partial charge is 0.414 e. The van der Waals surface area contributed by atoms with Crippen LogP contribution in [0.15, 0.2) is 83.9 Å². The van der Waals surface area contributed by atoms with Crippen LogP contribution in [0.4, 0.5) is 16.2 Å². The van der Waals surface area contributed by atoms with Gasteiger partial charge in [-0.3, -0.25) is 4.90 Å². The lowest BCUT2D eigenvalue weighted by atomic mass is 10.1. The van der Waals surface area contributed by atoms with E-state index in [1.54, 1.807) is 45.2 Å². The molecular formula is C30H32N4O4S2. The van der Waals surface area contributed by atoms with Gasteiger partial charge in [-0.2, -0.15) is 0 Å². The van der Waals surface area contributed by atoms with E-state index in [9.17, 15) is 13.2 Å². The van der Waals surface area contributed by atoms with E-state index in [-0.39, 0.29) is 11.0 Å². The zero-order valence-electron chi connectivity index (χ0n) is 22.8. The molecule has 5 rings (SSSR count). The molecule has 40 heavy (non-hydrogen) atoms. The molecule has 0 spiro atoms. The van der Waals surface area contributed by atoms with Gasteiger partial charge in [0.25, 0.3) is 0 Å². The zero-order chi connectivity index (χ0) is 28.5. The number of ether oxygens (including phenoxy) is 1. The number of carbonyl (C=O) groups excluding carboxylic acids is 1. The number of rotatable bonds is 8. The fraction of sp³-hybridized carbons (Fsp3) is 0.267. The maximum Gasteiger partial charge on any atom is 0.414 e. The molecule has 0 radical (unpaired) electrons. The number of benzene rings is 3. The van der Waals surface area contributed by atoms with Crippen LogP contribution >= 0.6 is 11.3 Å². The van der Waals surface area contributed by atoms with Crippen molar-refractivity contribution in [3.05, 3.63) is 84.6 Å². The molecular weight excluding hydrogens is 544 g/mol. The van der Waals surface area contributed by atoms with E-state index >= 15 is 0 Å². The number of aromatic nitrogens is 1. The summed E-state index contributed by atoms with van der Waals surface area (Å²) in [5.41, 5.74) is 3.28. The minimum Gasteiger partial charge on any atom is -0.444 e. The molecule has 2 N–H and O–H groups in total. The maximum atomic E-state index is 13.7. The van der Waals surface area contributed by atoms with E-state index in [0.717, 1.165) is 21.8 Å². The lowest BCUT2D eigenvalue weighted by Crippen LogP contribution is -2.40. The molecule has 10 heteroatoms. The van der Waals surface area contributed by atoms with E-state index in [1.807, 2.05) is 61.6 Å². The summed E-state index contributed by atoms with van der Waals surface area (Å²) in [6, 6.07) is 22.8. The van der Waals surface area contributed by atoms with Gasteiger partial charge in [0.1, 0.15) is 11.1 Å². The van der Waals surface area contributed by atoms with Gasteiger partial charge in [-0.15, -0.1) is 11.3 Å². The van der Waals surface area contributed by atoms with Gasteiger partial charge >= 0.3 is 6.09 Å². The van der Waals surface area contributed by atoms with Gasteiger partial charge in [0.15, 0.2) is 0 Å². The average Bonchev–Trinajstić information content (AvgIpc) is 3.54. The van der Waals surface area contributed by atoms with Crippen LogP contribution < -0.4 is 14.9 Å². The number of cyclic esters (lactones) is 1. The quantitative estimate of drug-likeness (QED) is 0.260. The minimum atomic E-state index is -3.95. The monoisotopic (exact) mass is 576 g/mol. The Morgan fingerprint density at radius 2 is 1.77 bits per heavy atom. The summed E-state index contributed by atoms with van der Waals surface area (Å²) in [5.74, 6) is 0. The van der Waals surface area contributed by atoms with Gasteiger partial charge in [-0.25, -0.2) is 22.9 Å². The molecule has 1 aliphatic rings. The van der Waals surface area contributed by atoms with Crippen molar-refractivity contribution in [1.29, 1.82) is 0 Å². The Bertz CT molecular complexity index is 1610. The Kier molecular flexibility index (Phi) is 7.67. The molecule has 1 atom stereocenters. The van der Waals surface area contributed by atoms with Crippen molar-refractivity contribution in [1.82, 2.24) is 9.71 Å². The number of sulfonamides is 1. The first-order valence-electron chi connectivity index (χ1n) is 13.0. The van der Waals surface area contributed by atoms with Crippen LogP contribution in [0.5, 0.6) is 0 Å². The average molecular weight is 577 g/mol. The third-order valence-electron chi connectivity index (χ3n) is 6.38. The number of hydrogen-bond donors (Lipinski definition) is 2. The molecule has 1 saturated heterocycles. The highest BCUT2D eigenvalue weighted by molar-refractivity contribution is 7.89. The molecule has 0 bridgehead atoms. The molecule has 4 aromatic rings. The number of carbonyl (C=O) groups is 1. The minimum absolute atomic E-state index is 0.0833. The van der Waals surface area contributed by atoms with E-state index in [0.29, 0.717) is 29.1 Å². The van der Waals surface area contributed by atoms with E-state index in [4.69, 9.17) is 4.74 Å². The summed E-state index contributed by atoms with van der Waals surface area (Å²) >= 11 is 1.41. The number of amides is 1. The molecule has 1 fully saturated rings. The van der Waals surface area contributed by atoms with Gasteiger partial charge in [0, 0.05) is 47.7 Å². The second kappa shape index (κ2) is 11.0. The predicted octanol–water partition coefficient (Wildman–Crippen LogP) is 6.16. The van der Waals surface area contributed by atoms with Crippen LogP contribution in [0.3, 0.4) is 0 Å². The molecule has 8 nitrogen and oxygen atoms in total. The second-order valence-electron chi connectivity index (χ2n) is 10.7. The largest absolute Gasteiger partial charge is 0.444 e. The van der Waals surface area contributed by atoms with Crippen LogP contribution in [0.2, 0.25) is 0 Å². The van der Waals surface area contributed by atoms with Gasteiger partial charge < -0.3 is 10.1 Å². The SMILES string of the molecule is CNc1ccc(-c2ncc(-c3ccc(N4CC(Cc5ccccc5)OC4=O)cc3S(=O)(=O)NC(C)(C)C)s2)cc1. The Morgan fingerprint density at radius 3 is 2.45 bits per heavy atom. The molecule has 2 heterocycles. The highest BCUT2D eigenvalue weighted by atomic mass is 32.2. The Balaban J connectivity index is 1.49. The summed E-state index contributed by atoms with van der Waals surface area (Å²) in [6.07, 6.45) is 1.44. The lowest BCUT2D eigenvalue weighted by molar-refractivity contribution is 0.141. The first kappa shape index (κ1) is 27.8. The Morgan fingerprint density at radius 1 is 1.05 bits per heavy atom. The Labute approximate surface area is 239 Å². The van der Waals surface area contributed by atoms with E-state index < -0.39 is 21.7 Å². The van der Waals surface area contributed by atoms with Crippen LogP contribution in [0.25, 0.3) is 21.0 Å². The zero-order valence-corrected chi connectivity index (χ0v) is 24.5. The first-order chi connectivity index (χ1) is 19.0. The van der Waals surface area contributed by atoms with Crippen molar-refractivity contribution < 1.29 is 17.9 Å². The predicted molar refractivity (Wildman–Crippen MR) is 160 cm³/mol. The van der Waals surface area contributed by atoms with Crippen molar-refractivity contribution >= 4 is 38.8 Å². The van der Waals surface area contributed by atoms with Gasteiger partial charge in [-0.05, 0) is 62.7 Å². The highest BCUT2D eigenvalue weighted by Gasteiger charge is 2.34. The second-order valence-corrected chi connectivity index (χ2v) is 13.4. The molecule has 1 aliphatic heterocycles. The van der Waals surface area contributed by atoms with Gasteiger partial charge in [0.2, 0.25) is 10.0 Å². The van der Waals surface area contributed by atoms with E-state index in [1.165, 1.54) is 16.2 Å². The number of nitrogens with one attached hydrogen (secondary N) is 2. The third-order valence-corrected chi connectivity index (χ3v) is 9.26. The van der Waals surface area contributed by atoms with Crippen molar-refractivity contribution in [2.24, 2.45) is 0 Å². The summed E-state index contributed by atoms with van der Waals surface area (Å²) < 4.78 is 35.7. The topological polar surface area (TPSA) is 101 Å². The van der Waals surface area contributed by atoms with Crippen molar-refractivity contribution in [2.45, 2.75) is 43.7 Å². The molecule has 1 aromatic heterocycles. The number of anilines is 2. The summed E-state index contributed by atoms with van der Waals surface area (Å²) in [4.78, 5) is 19.7. The van der Waals surface area contributed by atoms with Crippen molar-refractivity contribution in [3.63, 3.8) is 0 Å². The molecule has 0 aliphatic carbocycles. The fourth-order valence-corrected chi connectivity index (χ4v) is 7.28. The van der Waals surface area contributed by atoms with Crippen molar-refractivity contribution in [2.75, 3.05) is 23.8 Å². The first-order valence-corrected chi connectivity index (χ1v) is 15.3. The number of hydrogen-bond acceptors (Lipinski definition) is 7. The normalized spacial score (nSPS) is 15.8. The molecule has 0 saturated carbocycles. The maximum absolute atomic E-state index is 13.7. The van der Waals surface area contributed by atoms with Crippen molar-refractivity contribution in [3.8, 4) is 21.0 Å². The van der Waals surface area contributed by atoms with Crippen LogP contribution in [-0.2, 0) is 21.2 Å². The van der Waals surface area contributed by atoms with Gasteiger partial charge in [-0.1, -0.05) is 36.4 Å². The number of nitrogens with zero attached hydrogens (tertiary/aromatic N) is 2. The van der Waals surface area contributed by atoms with Gasteiger partial charge in [0.05, 0.1) is 16.3 Å². The molecule has 1 amide bonds. The van der Waals surface area contributed by atoms with Crippen LogP contribution in [-0.4, -0.2) is 44.7 Å². The lowest BCUT2D eigenvalue weighted by Gasteiger charge is -2.22. The molecule has 1 unspecified atom stereocenters. The summed E-state index contributed by atoms with van der Waals surface area (Å²) in [5, 5.41) is 3.88. The molecule has 3 aromatic carbocycles.